The van der Waals surface area contributed by atoms with Crippen molar-refractivity contribution >= 4 is 0 Å². The molecule has 0 aliphatic carbocycles. The lowest BCUT2D eigenvalue weighted by atomic mass is 10.0. The van der Waals surface area contributed by atoms with Crippen LogP contribution in [-0.2, 0) is 4.74 Å². The molecule has 17 heavy (non-hydrogen) atoms. The molecule has 0 aromatic heterocycles. The normalized spacial score (nSPS) is 12.9. The summed E-state index contributed by atoms with van der Waals surface area (Å²) in [6.07, 6.45) is 2.17. The van der Waals surface area contributed by atoms with E-state index in [1.807, 2.05) is 7.05 Å². The smallest absolute Gasteiger partial charge is 0.0484 e. The first-order valence-electron chi connectivity index (χ1n) is 6.54. The SMILES string of the molecule is CNC(CCOCCC(C)C)c1ccccc1. The second kappa shape index (κ2) is 8.26. The third-order valence-corrected chi connectivity index (χ3v) is 2.94. The molecule has 1 atom stereocenters. The predicted molar refractivity (Wildman–Crippen MR) is 73.1 cm³/mol. The number of rotatable bonds is 8. The van der Waals surface area contributed by atoms with Gasteiger partial charge in [-0.05, 0) is 31.4 Å². The summed E-state index contributed by atoms with van der Waals surface area (Å²) in [5.41, 5.74) is 1.34. The van der Waals surface area contributed by atoms with Gasteiger partial charge in [0, 0.05) is 19.3 Å². The molecule has 2 nitrogen and oxygen atoms in total. The standard InChI is InChI=1S/C15H25NO/c1-13(2)9-11-17-12-10-15(16-3)14-7-5-4-6-8-14/h4-8,13,15-16H,9-12H2,1-3H3. The van der Waals surface area contributed by atoms with Gasteiger partial charge >= 0.3 is 0 Å². The Morgan fingerprint density at radius 2 is 1.71 bits per heavy atom. The van der Waals surface area contributed by atoms with Crippen LogP contribution in [0.3, 0.4) is 0 Å². The summed E-state index contributed by atoms with van der Waals surface area (Å²) < 4.78 is 5.66. The number of ether oxygens (including phenoxy) is 1. The van der Waals surface area contributed by atoms with Crippen molar-refractivity contribution in [3.8, 4) is 0 Å². The predicted octanol–water partition coefficient (Wildman–Crippen LogP) is 3.40. The summed E-state index contributed by atoms with van der Waals surface area (Å²) >= 11 is 0. The Hall–Kier alpha value is -0.860. The highest BCUT2D eigenvalue weighted by molar-refractivity contribution is 5.18. The van der Waals surface area contributed by atoms with Gasteiger partial charge in [0.05, 0.1) is 0 Å². The zero-order valence-corrected chi connectivity index (χ0v) is 11.3. The van der Waals surface area contributed by atoms with Gasteiger partial charge in [0.15, 0.2) is 0 Å². The Morgan fingerprint density at radius 1 is 1.06 bits per heavy atom. The third-order valence-electron chi connectivity index (χ3n) is 2.94. The number of benzene rings is 1. The van der Waals surface area contributed by atoms with E-state index >= 15 is 0 Å². The highest BCUT2D eigenvalue weighted by Gasteiger charge is 2.07. The van der Waals surface area contributed by atoms with Gasteiger partial charge in [0.1, 0.15) is 0 Å². The maximum Gasteiger partial charge on any atom is 0.0484 e. The number of nitrogens with one attached hydrogen (secondary N) is 1. The number of hydrogen-bond donors (Lipinski definition) is 1. The fourth-order valence-corrected chi connectivity index (χ4v) is 1.79. The van der Waals surface area contributed by atoms with E-state index in [1.54, 1.807) is 0 Å². The van der Waals surface area contributed by atoms with E-state index in [4.69, 9.17) is 4.74 Å². The van der Waals surface area contributed by atoms with E-state index in [0.717, 1.165) is 32.0 Å². The molecular formula is C15H25NO. The van der Waals surface area contributed by atoms with Gasteiger partial charge in [-0.2, -0.15) is 0 Å². The summed E-state index contributed by atoms with van der Waals surface area (Å²) in [5, 5.41) is 3.34. The van der Waals surface area contributed by atoms with Crippen molar-refractivity contribution in [3.63, 3.8) is 0 Å². The molecular weight excluding hydrogens is 210 g/mol. The highest BCUT2D eigenvalue weighted by atomic mass is 16.5. The molecule has 0 aliphatic rings. The first-order chi connectivity index (χ1) is 8.24. The molecule has 0 radical (unpaired) electrons. The van der Waals surface area contributed by atoms with Crippen molar-refractivity contribution in [2.24, 2.45) is 5.92 Å². The Bertz CT molecular complexity index is 284. The zero-order chi connectivity index (χ0) is 12.5. The van der Waals surface area contributed by atoms with Crippen LogP contribution in [0, 0.1) is 5.92 Å². The molecule has 0 saturated carbocycles. The first-order valence-corrected chi connectivity index (χ1v) is 6.54. The second-order valence-electron chi connectivity index (χ2n) is 4.84. The minimum absolute atomic E-state index is 0.398. The molecule has 0 fully saturated rings. The van der Waals surface area contributed by atoms with Crippen LogP contribution in [0.2, 0.25) is 0 Å². The lowest BCUT2D eigenvalue weighted by Gasteiger charge is -2.16. The number of hydrogen-bond acceptors (Lipinski definition) is 2. The van der Waals surface area contributed by atoms with Crippen LogP contribution in [0.15, 0.2) is 30.3 Å². The van der Waals surface area contributed by atoms with Crippen molar-refractivity contribution in [1.82, 2.24) is 5.32 Å². The van der Waals surface area contributed by atoms with E-state index in [9.17, 15) is 0 Å². The summed E-state index contributed by atoms with van der Waals surface area (Å²) in [7, 11) is 2.01. The molecule has 96 valence electrons. The van der Waals surface area contributed by atoms with Gasteiger partial charge in [-0.15, -0.1) is 0 Å². The van der Waals surface area contributed by atoms with E-state index in [1.165, 1.54) is 5.56 Å². The van der Waals surface area contributed by atoms with Crippen LogP contribution >= 0.6 is 0 Å². The third kappa shape index (κ3) is 5.85. The Kier molecular flexibility index (Phi) is 6.90. The molecule has 1 N–H and O–H groups in total. The molecule has 0 amide bonds. The van der Waals surface area contributed by atoms with Gasteiger partial charge in [0.25, 0.3) is 0 Å². The lowest BCUT2D eigenvalue weighted by molar-refractivity contribution is 0.115. The molecule has 0 bridgehead atoms. The maximum absolute atomic E-state index is 5.66. The van der Waals surface area contributed by atoms with Crippen molar-refractivity contribution in [2.45, 2.75) is 32.7 Å². The quantitative estimate of drug-likeness (QED) is 0.697. The van der Waals surface area contributed by atoms with Crippen molar-refractivity contribution in [2.75, 3.05) is 20.3 Å². The Morgan fingerprint density at radius 3 is 2.29 bits per heavy atom. The average molecular weight is 235 g/mol. The van der Waals surface area contributed by atoms with E-state index in [0.29, 0.717) is 6.04 Å². The fourth-order valence-electron chi connectivity index (χ4n) is 1.79. The highest BCUT2D eigenvalue weighted by Crippen LogP contribution is 2.15. The molecule has 1 aromatic carbocycles. The molecule has 1 aromatic rings. The Labute approximate surface area is 105 Å². The van der Waals surface area contributed by atoms with Crippen LogP contribution in [0.25, 0.3) is 0 Å². The topological polar surface area (TPSA) is 21.3 Å². The molecule has 0 saturated heterocycles. The second-order valence-corrected chi connectivity index (χ2v) is 4.84. The van der Waals surface area contributed by atoms with Crippen LogP contribution in [-0.4, -0.2) is 20.3 Å². The van der Waals surface area contributed by atoms with Gasteiger partial charge in [-0.3, -0.25) is 0 Å². The van der Waals surface area contributed by atoms with Gasteiger partial charge in [0.2, 0.25) is 0 Å². The minimum atomic E-state index is 0.398. The largest absolute Gasteiger partial charge is 0.381 e. The molecule has 0 heterocycles. The average Bonchev–Trinajstić information content (AvgIpc) is 2.34. The first kappa shape index (κ1) is 14.2. The molecule has 0 aliphatic heterocycles. The van der Waals surface area contributed by atoms with Gasteiger partial charge < -0.3 is 10.1 Å². The van der Waals surface area contributed by atoms with Crippen molar-refractivity contribution in [1.29, 1.82) is 0 Å². The van der Waals surface area contributed by atoms with Crippen molar-refractivity contribution < 1.29 is 4.74 Å². The zero-order valence-electron chi connectivity index (χ0n) is 11.3. The summed E-state index contributed by atoms with van der Waals surface area (Å²) in [6.45, 7) is 6.16. The van der Waals surface area contributed by atoms with E-state index in [2.05, 4.69) is 49.5 Å². The van der Waals surface area contributed by atoms with Gasteiger partial charge in [-0.25, -0.2) is 0 Å². The van der Waals surface area contributed by atoms with E-state index in [-0.39, 0.29) is 0 Å². The fraction of sp³-hybridized carbons (Fsp3) is 0.600. The molecule has 2 heteroatoms. The summed E-state index contributed by atoms with van der Waals surface area (Å²) in [4.78, 5) is 0. The molecule has 1 unspecified atom stereocenters. The molecule has 0 spiro atoms. The van der Waals surface area contributed by atoms with Crippen LogP contribution in [0.4, 0.5) is 0 Å². The Balaban J connectivity index is 2.24. The van der Waals surface area contributed by atoms with Gasteiger partial charge in [-0.1, -0.05) is 44.2 Å². The van der Waals surface area contributed by atoms with E-state index < -0.39 is 0 Å². The maximum atomic E-state index is 5.66. The van der Waals surface area contributed by atoms with Crippen molar-refractivity contribution in [3.05, 3.63) is 35.9 Å². The summed E-state index contributed by atoms with van der Waals surface area (Å²) in [6, 6.07) is 10.9. The monoisotopic (exact) mass is 235 g/mol. The van der Waals surface area contributed by atoms with Crippen LogP contribution < -0.4 is 5.32 Å². The molecule has 1 rings (SSSR count). The lowest BCUT2D eigenvalue weighted by Crippen LogP contribution is -2.18. The van der Waals surface area contributed by atoms with Crippen LogP contribution in [0.1, 0.15) is 38.3 Å². The summed E-state index contributed by atoms with van der Waals surface area (Å²) in [5.74, 6) is 0.726. The minimum Gasteiger partial charge on any atom is -0.381 e. The van der Waals surface area contributed by atoms with Crippen LogP contribution in [0.5, 0.6) is 0 Å².